The van der Waals surface area contributed by atoms with Gasteiger partial charge in [-0.1, -0.05) is 12.8 Å². The number of aliphatic carboxylic acids is 1. The Balaban J connectivity index is 2.66. The smallest absolute Gasteiger partial charge is 0.452 e. The molecular weight excluding hydrogens is 324 g/mol. The van der Waals surface area contributed by atoms with Gasteiger partial charge in [0.15, 0.2) is 0 Å². The molecule has 0 aromatic rings. The second-order valence-corrected chi connectivity index (χ2v) is 4.79. The van der Waals surface area contributed by atoms with Crippen LogP contribution >= 0.6 is 0 Å². The van der Waals surface area contributed by atoms with Gasteiger partial charge in [0.25, 0.3) is 0 Å². The molecule has 1 fully saturated rings. The van der Waals surface area contributed by atoms with Crippen molar-refractivity contribution in [3.8, 4) is 0 Å². The number of nitrogens with one attached hydrogen (secondary N) is 1. The van der Waals surface area contributed by atoms with Crippen molar-refractivity contribution >= 4 is 11.9 Å². The normalized spacial score (nSPS) is 21.7. The molecule has 0 amide bonds. The zero-order valence-electron chi connectivity index (χ0n) is 11.1. The third kappa shape index (κ3) is 3.81. The lowest BCUT2D eigenvalue weighted by Gasteiger charge is -2.31. The third-order valence-corrected chi connectivity index (χ3v) is 3.10. The second-order valence-electron chi connectivity index (χ2n) is 4.79. The molecule has 2 N–H and O–H groups in total. The van der Waals surface area contributed by atoms with Crippen LogP contribution in [0, 0.1) is 0 Å². The predicted octanol–water partition coefficient (Wildman–Crippen LogP) is 2.36. The molecule has 1 saturated heterocycles. The van der Waals surface area contributed by atoms with Crippen molar-refractivity contribution in [1.29, 1.82) is 0 Å². The highest BCUT2D eigenvalue weighted by atomic mass is 19.4. The van der Waals surface area contributed by atoms with Crippen LogP contribution in [0.1, 0.15) is 32.1 Å². The highest BCUT2D eigenvalue weighted by Gasteiger charge is 2.78. The van der Waals surface area contributed by atoms with Gasteiger partial charge in [0.05, 0.1) is 0 Å². The van der Waals surface area contributed by atoms with Gasteiger partial charge in [0.2, 0.25) is 0 Å². The van der Waals surface area contributed by atoms with E-state index in [1.165, 1.54) is 5.32 Å². The first-order valence-corrected chi connectivity index (χ1v) is 6.26. The minimum Gasteiger partial charge on any atom is -0.481 e. The van der Waals surface area contributed by atoms with Crippen LogP contribution in [0.25, 0.3) is 0 Å². The van der Waals surface area contributed by atoms with Crippen molar-refractivity contribution in [3.63, 3.8) is 0 Å². The molecule has 0 aromatic carbocycles. The number of hydrogen-bond donors (Lipinski definition) is 2. The first-order valence-electron chi connectivity index (χ1n) is 6.26. The SMILES string of the molecule is O=C(O)CCCCC[C@H]1NC(C(F)(F)F)(C(F)(F)F)OC1=O. The van der Waals surface area contributed by atoms with Crippen molar-refractivity contribution in [2.75, 3.05) is 0 Å². The fourth-order valence-corrected chi connectivity index (χ4v) is 1.99. The Labute approximate surface area is 120 Å². The molecule has 1 rings (SSSR count). The van der Waals surface area contributed by atoms with E-state index in [-0.39, 0.29) is 32.1 Å². The fraction of sp³-hybridized carbons (Fsp3) is 0.818. The lowest BCUT2D eigenvalue weighted by atomic mass is 10.1. The number of carbonyl (C=O) groups is 2. The Kier molecular flexibility index (Phi) is 5.31. The van der Waals surface area contributed by atoms with Gasteiger partial charge in [-0.25, -0.2) is 0 Å². The first-order chi connectivity index (χ1) is 9.91. The number of carboxylic acid groups (broad SMARTS) is 1. The molecule has 1 heterocycles. The van der Waals surface area contributed by atoms with Gasteiger partial charge in [-0.3, -0.25) is 14.9 Å². The van der Waals surface area contributed by atoms with Gasteiger partial charge < -0.3 is 9.84 Å². The summed E-state index contributed by atoms with van der Waals surface area (Å²) in [7, 11) is 0. The number of ether oxygens (including phenoxy) is 1. The van der Waals surface area contributed by atoms with E-state index in [2.05, 4.69) is 4.74 Å². The molecule has 1 aliphatic heterocycles. The van der Waals surface area contributed by atoms with Gasteiger partial charge in [0.1, 0.15) is 6.04 Å². The highest BCUT2D eigenvalue weighted by Crippen LogP contribution is 2.47. The molecule has 1 atom stereocenters. The Morgan fingerprint density at radius 2 is 1.68 bits per heavy atom. The van der Waals surface area contributed by atoms with Gasteiger partial charge >= 0.3 is 30.0 Å². The molecule has 0 saturated carbocycles. The van der Waals surface area contributed by atoms with Crippen LogP contribution in [-0.2, 0) is 14.3 Å². The summed E-state index contributed by atoms with van der Waals surface area (Å²) in [5.74, 6) is -2.69. The summed E-state index contributed by atoms with van der Waals surface area (Å²) in [6.07, 6.45) is -11.6. The van der Waals surface area contributed by atoms with E-state index in [1.54, 1.807) is 0 Å². The molecule has 0 unspecified atom stereocenters. The Morgan fingerprint density at radius 1 is 1.14 bits per heavy atom. The number of carboxylic acids is 1. The zero-order chi connectivity index (χ0) is 17.2. The molecule has 0 radical (unpaired) electrons. The molecule has 22 heavy (non-hydrogen) atoms. The number of carbonyl (C=O) groups excluding carboxylic acids is 1. The van der Waals surface area contributed by atoms with E-state index in [9.17, 15) is 35.9 Å². The molecule has 0 aliphatic carbocycles. The monoisotopic (exact) mass is 337 g/mol. The van der Waals surface area contributed by atoms with E-state index in [0.29, 0.717) is 0 Å². The van der Waals surface area contributed by atoms with E-state index in [4.69, 9.17) is 5.11 Å². The summed E-state index contributed by atoms with van der Waals surface area (Å²) in [5, 5.41) is 9.57. The minimum absolute atomic E-state index is 0.0891. The zero-order valence-corrected chi connectivity index (χ0v) is 11.1. The number of cyclic esters (lactones) is 1. The number of hydrogen-bond acceptors (Lipinski definition) is 4. The molecule has 1 aliphatic rings. The van der Waals surface area contributed by atoms with Crippen LogP contribution in [0.4, 0.5) is 26.3 Å². The Bertz CT molecular complexity index is 419. The summed E-state index contributed by atoms with van der Waals surface area (Å²) in [5.41, 5.74) is -4.69. The summed E-state index contributed by atoms with van der Waals surface area (Å²) in [6, 6.07) is -1.74. The highest BCUT2D eigenvalue weighted by molar-refractivity contribution is 5.78. The van der Waals surface area contributed by atoms with Crippen LogP contribution in [0.15, 0.2) is 0 Å². The van der Waals surface area contributed by atoms with Crippen molar-refractivity contribution in [3.05, 3.63) is 0 Å². The number of unbranched alkanes of at least 4 members (excludes halogenated alkanes) is 2. The summed E-state index contributed by atoms with van der Waals surface area (Å²) in [4.78, 5) is 21.5. The third-order valence-electron chi connectivity index (χ3n) is 3.10. The molecule has 128 valence electrons. The molecular formula is C11H13F6NO4. The van der Waals surface area contributed by atoms with E-state index < -0.39 is 36.1 Å². The standard InChI is InChI=1S/C11H13F6NO4/c12-10(13,14)9(11(15,16)17)18-6(8(21)22-9)4-2-1-3-5-7(19)20/h6,18H,1-5H2,(H,19,20)/t6-/m1/s1. The topological polar surface area (TPSA) is 75.6 Å². The van der Waals surface area contributed by atoms with Gasteiger partial charge in [-0.15, -0.1) is 0 Å². The van der Waals surface area contributed by atoms with Gasteiger partial charge in [-0.05, 0) is 12.8 Å². The van der Waals surface area contributed by atoms with Crippen LogP contribution in [0.5, 0.6) is 0 Å². The van der Waals surface area contributed by atoms with Crippen molar-refractivity contribution < 1.29 is 45.8 Å². The average Bonchev–Trinajstić information content (AvgIpc) is 2.66. The Hall–Kier alpha value is -1.52. The average molecular weight is 337 g/mol. The minimum atomic E-state index is -5.85. The largest absolute Gasteiger partial charge is 0.481 e. The molecule has 0 spiro atoms. The Morgan fingerprint density at radius 3 is 2.09 bits per heavy atom. The second kappa shape index (κ2) is 6.31. The van der Waals surface area contributed by atoms with Crippen molar-refractivity contribution in [2.45, 2.75) is 56.2 Å². The van der Waals surface area contributed by atoms with E-state index in [0.717, 1.165) is 0 Å². The van der Waals surface area contributed by atoms with Crippen LogP contribution < -0.4 is 5.32 Å². The quantitative estimate of drug-likeness (QED) is 0.442. The predicted molar refractivity (Wildman–Crippen MR) is 58.6 cm³/mol. The van der Waals surface area contributed by atoms with Gasteiger partial charge in [-0.2, -0.15) is 26.3 Å². The molecule has 11 heteroatoms. The van der Waals surface area contributed by atoms with Crippen LogP contribution in [0.3, 0.4) is 0 Å². The van der Waals surface area contributed by atoms with E-state index >= 15 is 0 Å². The first kappa shape index (κ1) is 18.5. The summed E-state index contributed by atoms with van der Waals surface area (Å²) >= 11 is 0. The van der Waals surface area contributed by atoms with Crippen LogP contribution in [0.2, 0.25) is 0 Å². The fourth-order valence-electron chi connectivity index (χ4n) is 1.99. The number of rotatable bonds is 6. The van der Waals surface area contributed by atoms with Crippen molar-refractivity contribution in [2.24, 2.45) is 0 Å². The maximum absolute atomic E-state index is 12.7. The van der Waals surface area contributed by atoms with Crippen molar-refractivity contribution in [1.82, 2.24) is 5.32 Å². The lowest BCUT2D eigenvalue weighted by Crippen LogP contribution is -2.65. The molecule has 5 nitrogen and oxygen atoms in total. The maximum Gasteiger partial charge on any atom is 0.452 e. The summed E-state index contributed by atoms with van der Waals surface area (Å²) < 4.78 is 79.6. The lowest BCUT2D eigenvalue weighted by molar-refractivity contribution is -0.369. The number of esters is 1. The summed E-state index contributed by atoms with van der Waals surface area (Å²) in [6.45, 7) is 0. The van der Waals surface area contributed by atoms with E-state index in [1.807, 2.05) is 0 Å². The number of alkyl halides is 6. The maximum atomic E-state index is 12.7. The molecule has 0 bridgehead atoms. The number of halogens is 6. The molecule has 0 aromatic heterocycles. The van der Waals surface area contributed by atoms with Gasteiger partial charge in [0, 0.05) is 6.42 Å². The van der Waals surface area contributed by atoms with Crippen LogP contribution in [-0.4, -0.2) is 41.2 Å².